The van der Waals surface area contributed by atoms with E-state index in [0.29, 0.717) is 0 Å². The van der Waals surface area contributed by atoms with E-state index in [9.17, 15) is 22.8 Å². The van der Waals surface area contributed by atoms with Gasteiger partial charge in [0.15, 0.2) is 0 Å². The van der Waals surface area contributed by atoms with Gasteiger partial charge in [-0.25, -0.2) is 9.59 Å². The molecule has 0 radical (unpaired) electrons. The SMILES string of the molecule is O=C(NOC(=O)C(F)(F)F)Nc1ccccc1Cl. The molecule has 0 bridgehead atoms. The molecule has 0 atom stereocenters. The molecule has 2 N–H and O–H groups in total. The number of rotatable bonds is 1. The first-order chi connectivity index (χ1) is 8.30. The van der Waals surface area contributed by atoms with Crippen LogP contribution >= 0.6 is 11.6 Å². The molecule has 0 saturated heterocycles. The van der Waals surface area contributed by atoms with Gasteiger partial charge in [0, 0.05) is 0 Å². The lowest BCUT2D eigenvalue weighted by atomic mass is 10.3. The number of carbonyl (C=O) groups excluding carboxylic acids is 2. The molecule has 2 amide bonds. The first-order valence-corrected chi connectivity index (χ1v) is 4.78. The van der Waals surface area contributed by atoms with E-state index in [4.69, 9.17) is 11.6 Å². The average molecular weight is 283 g/mol. The fraction of sp³-hybridized carbons (Fsp3) is 0.111. The minimum absolute atomic E-state index is 0.153. The van der Waals surface area contributed by atoms with Crippen LogP contribution in [-0.2, 0) is 9.63 Å². The second kappa shape index (κ2) is 5.58. The molecule has 0 fully saturated rings. The zero-order valence-electron chi connectivity index (χ0n) is 8.55. The lowest BCUT2D eigenvalue weighted by molar-refractivity contribution is -0.204. The number of benzene rings is 1. The Hall–Kier alpha value is -1.96. The number of hydrogen-bond acceptors (Lipinski definition) is 3. The van der Waals surface area contributed by atoms with Gasteiger partial charge in [0.2, 0.25) is 0 Å². The van der Waals surface area contributed by atoms with Gasteiger partial charge in [0.25, 0.3) is 0 Å². The number of hydroxylamine groups is 1. The standard InChI is InChI=1S/C9H6ClF3N2O3/c10-5-3-1-2-4-6(5)14-8(17)15-18-7(16)9(11,12)13/h1-4H,(H2,14,15,17). The van der Waals surface area contributed by atoms with Gasteiger partial charge in [0.1, 0.15) is 0 Å². The maximum absolute atomic E-state index is 11.7. The van der Waals surface area contributed by atoms with Crippen molar-refractivity contribution in [1.82, 2.24) is 5.48 Å². The average Bonchev–Trinajstić information content (AvgIpc) is 2.27. The van der Waals surface area contributed by atoms with Crippen molar-refractivity contribution < 1.29 is 27.6 Å². The molecule has 18 heavy (non-hydrogen) atoms. The smallest absolute Gasteiger partial charge is 0.331 e. The molecular weight excluding hydrogens is 277 g/mol. The molecule has 0 unspecified atom stereocenters. The minimum Gasteiger partial charge on any atom is -0.331 e. The highest BCUT2D eigenvalue weighted by Gasteiger charge is 2.41. The lowest BCUT2D eigenvalue weighted by Crippen LogP contribution is -2.36. The van der Waals surface area contributed by atoms with Crippen molar-refractivity contribution >= 4 is 29.3 Å². The first-order valence-electron chi connectivity index (χ1n) is 4.40. The Morgan fingerprint density at radius 1 is 1.22 bits per heavy atom. The number of hydrogen-bond donors (Lipinski definition) is 2. The van der Waals surface area contributed by atoms with Crippen molar-refractivity contribution in [2.24, 2.45) is 0 Å². The second-order valence-corrected chi connectivity index (χ2v) is 3.33. The molecule has 1 aromatic carbocycles. The summed E-state index contributed by atoms with van der Waals surface area (Å²) in [6.07, 6.45) is -5.18. The van der Waals surface area contributed by atoms with Crippen LogP contribution in [0.3, 0.4) is 0 Å². The van der Waals surface area contributed by atoms with Crippen LogP contribution in [-0.4, -0.2) is 18.2 Å². The van der Waals surface area contributed by atoms with Crippen molar-refractivity contribution in [3.8, 4) is 0 Å². The summed E-state index contributed by atoms with van der Waals surface area (Å²) in [5.41, 5.74) is 1.44. The van der Waals surface area contributed by atoms with Crippen molar-refractivity contribution in [2.45, 2.75) is 6.18 Å². The third-order valence-corrected chi connectivity index (χ3v) is 1.92. The summed E-state index contributed by atoms with van der Waals surface area (Å²) in [6, 6.07) is 4.84. The molecule has 0 aliphatic heterocycles. The monoisotopic (exact) mass is 282 g/mol. The van der Waals surface area contributed by atoms with Crippen LogP contribution in [0.2, 0.25) is 5.02 Å². The number of halogens is 4. The number of amides is 2. The van der Waals surface area contributed by atoms with E-state index in [1.807, 2.05) is 0 Å². The lowest BCUT2D eigenvalue weighted by Gasteiger charge is -2.09. The van der Waals surface area contributed by atoms with Gasteiger partial charge in [-0.3, -0.25) is 0 Å². The maximum atomic E-state index is 11.7. The molecule has 0 aliphatic carbocycles. The van der Waals surface area contributed by atoms with Gasteiger partial charge >= 0.3 is 18.2 Å². The van der Waals surface area contributed by atoms with Gasteiger partial charge in [-0.2, -0.15) is 18.7 Å². The summed E-state index contributed by atoms with van der Waals surface area (Å²) < 4.78 is 35.2. The van der Waals surface area contributed by atoms with Gasteiger partial charge in [-0.15, -0.1) is 0 Å². The highest BCUT2D eigenvalue weighted by atomic mass is 35.5. The van der Waals surface area contributed by atoms with E-state index in [1.165, 1.54) is 17.6 Å². The van der Waals surface area contributed by atoms with Crippen molar-refractivity contribution in [3.63, 3.8) is 0 Å². The number of para-hydroxylation sites is 1. The predicted molar refractivity (Wildman–Crippen MR) is 55.8 cm³/mol. The summed E-state index contributed by atoms with van der Waals surface area (Å²) in [6.45, 7) is 0. The van der Waals surface area contributed by atoms with E-state index in [-0.39, 0.29) is 10.7 Å². The number of anilines is 1. The highest BCUT2D eigenvalue weighted by molar-refractivity contribution is 6.33. The Labute approximate surface area is 104 Å². The predicted octanol–water partition coefficient (Wildman–Crippen LogP) is 2.48. The Bertz CT molecular complexity index is 465. The molecule has 0 spiro atoms. The molecule has 0 aromatic heterocycles. The topological polar surface area (TPSA) is 67.4 Å². The summed E-state index contributed by atoms with van der Waals surface area (Å²) >= 11 is 5.67. The first kappa shape index (κ1) is 14.1. The van der Waals surface area contributed by atoms with Gasteiger partial charge in [0.05, 0.1) is 10.7 Å². The fourth-order valence-electron chi connectivity index (χ4n) is 0.861. The van der Waals surface area contributed by atoms with Crippen LogP contribution in [0.5, 0.6) is 0 Å². The van der Waals surface area contributed by atoms with E-state index < -0.39 is 18.2 Å². The van der Waals surface area contributed by atoms with Gasteiger partial charge in [-0.05, 0) is 12.1 Å². The maximum Gasteiger partial charge on any atom is 0.493 e. The summed E-state index contributed by atoms with van der Waals surface area (Å²) in [4.78, 5) is 24.9. The molecule has 5 nitrogen and oxygen atoms in total. The number of urea groups is 1. The van der Waals surface area contributed by atoms with Gasteiger partial charge < -0.3 is 10.2 Å². The Balaban J connectivity index is 2.49. The summed E-state index contributed by atoms with van der Waals surface area (Å²) in [5, 5.41) is 2.27. The Kier molecular flexibility index (Phi) is 4.38. The van der Waals surface area contributed by atoms with E-state index in [2.05, 4.69) is 10.2 Å². The van der Waals surface area contributed by atoms with Crippen molar-refractivity contribution in [1.29, 1.82) is 0 Å². The molecule has 1 rings (SSSR count). The van der Waals surface area contributed by atoms with Crippen LogP contribution in [0.15, 0.2) is 24.3 Å². The van der Waals surface area contributed by atoms with Crippen LogP contribution in [0.4, 0.5) is 23.7 Å². The van der Waals surface area contributed by atoms with E-state index in [1.54, 1.807) is 12.1 Å². The molecule has 9 heteroatoms. The Morgan fingerprint density at radius 3 is 2.39 bits per heavy atom. The fourth-order valence-corrected chi connectivity index (χ4v) is 1.04. The van der Waals surface area contributed by atoms with Crippen LogP contribution in [0.1, 0.15) is 0 Å². The minimum atomic E-state index is -5.18. The largest absolute Gasteiger partial charge is 0.493 e. The molecule has 1 aromatic rings. The normalized spacial score (nSPS) is 10.7. The zero-order chi connectivity index (χ0) is 13.8. The zero-order valence-corrected chi connectivity index (χ0v) is 9.30. The Morgan fingerprint density at radius 2 is 1.83 bits per heavy atom. The van der Waals surface area contributed by atoms with Crippen LogP contribution in [0, 0.1) is 0 Å². The summed E-state index contributed by atoms with van der Waals surface area (Å²) in [7, 11) is 0. The van der Waals surface area contributed by atoms with Crippen LogP contribution < -0.4 is 10.8 Å². The third kappa shape index (κ3) is 4.13. The summed E-state index contributed by atoms with van der Waals surface area (Å²) in [5.74, 6) is -2.53. The van der Waals surface area contributed by atoms with Gasteiger partial charge in [-0.1, -0.05) is 23.7 Å². The molecule has 98 valence electrons. The molecule has 0 saturated carbocycles. The quantitative estimate of drug-likeness (QED) is 0.778. The molecule has 0 aliphatic rings. The van der Waals surface area contributed by atoms with Crippen molar-refractivity contribution in [2.75, 3.05) is 5.32 Å². The highest BCUT2D eigenvalue weighted by Crippen LogP contribution is 2.20. The number of carbonyl (C=O) groups is 2. The third-order valence-electron chi connectivity index (χ3n) is 1.59. The molecule has 0 heterocycles. The van der Waals surface area contributed by atoms with E-state index >= 15 is 0 Å². The molecular formula is C9H6ClF3N2O3. The number of alkyl halides is 3. The van der Waals surface area contributed by atoms with E-state index in [0.717, 1.165) is 0 Å². The second-order valence-electron chi connectivity index (χ2n) is 2.92. The number of nitrogens with one attached hydrogen (secondary N) is 2. The van der Waals surface area contributed by atoms with Crippen molar-refractivity contribution in [3.05, 3.63) is 29.3 Å². The van der Waals surface area contributed by atoms with Crippen LogP contribution in [0.25, 0.3) is 0 Å².